The van der Waals surface area contributed by atoms with E-state index in [0.717, 1.165) is 60.4 Å². The SMILES string of the molecule is N#CCCCCN1CC(n2c(CO)nc3cnc4[nH]ccc4c32)C2(CC2)C1. The summed E-state index contributed by atoms with van der Waals surface area (Å²) in [6.45, 7) is 3.08. The van der Waals surface area contributed by atoms with E-state index in [1.165, 1.54) is 12.8 Å². The summed E-state index contributed by atoms with van der Waals surface area (Å²) in [6, 6.07) is 4.62. The summed E-state index contributed by atoms with van der Waals surface area (Å²) in [7, 11) is 0. The third-order valence-corrected chi connectivity index (χ3v) is 6.34. The molecule has 2 aliphatic rings. The van der Waals surface area contributed by atoms with E-state index in [1.807, 2.05) is 6.20 Å². The number of H-pyrrole nitrogens is 1. The lowest BCUT2D eigenvalue weighted by Crippen LogP contribution is -2.23. The average Bonchev–Trinajstić information content (AvgIpc) is 3.03. The van der Waals surface area contributed by atoms with Crippen LogP contribution in [0.3, 0.4) is 0 Å². The highest BCUT2D eigenvalue weighted by atomic mass is 16.3. The summed E-state index contributed by atoms with van der Waals surface area (Å²) in [5.41, 5.74) is 3.12. The predicted molar refractivity (Wildman–Crippen MR) is 102 cm³/mol. The van der Waals surface area contributed by atoms with Crippen molar-refractivity contribution in [3.05, 3.63) is 24.3 Å². The molecule has 7 heteroatoms. The van der Waals surface area contributed by atoms with Crippen molar-refractivity contribution in [1.29, 1.82) is 5.26 Å². The number of aromatic nitrogens is 4. The van der Waals surface area contributed by atoms with Gasteiger partial charge in [0.05, 0.1) is 23.8 Å². The van der Waals surface area contributed by atoms with Crippen LogP contribution in [0.15, 0.2) is 18.5 Å². The molecule has 1 unspecified atom stereocenters. The van der Waals surface area contributed by atoms with Crippen molar-refractivity contribution in [3.8, 4) is 6.07 Å². The van der Waals surface area contributed by atoms with Gasteiger partial charge in [0, 0.05) is 36.5 Å². The standard InChI is InChI=1S/C20H24N6O/c21-7-2-1-3-9-25-11-16(20(13-25)5-6-20)26-17(12-27)24-15-10-23-19-14(18(15)26)4-8-22-19/h4,8,10,16,27H,1-3,5-6,9,11-13H2,(H,22,23). The lowest BCUT2D eigenvalue weighted by molar-refractivity contribution is 0.254. The lowest BCUT2D eigenvalue weighted by atomic mass is 10.00. The van der Waals surface area contributed by atoms with Crippen LogP contribution in [0.4, 0.5) is 0 Å². The fourth-order valence-electron chi connectivity index (χ4n) is 4.86. The topological polar surface area (TPSA) is 93.8 Å². The number of rotatable bonds is 6. The maximum absolute atomic E-state index is 10.0. The van der Waals surface area contributed by atoms with Gasteiger partial charge in [-0.15, -0.1) is 0 Å². The molecule has 7 nitrogen and oxygen atoms in total. The highest BCUT2D eigenvalue weighted by Crippen LogP contribution is 2.59. The predicted octanol–water partition coefficient (Wildman–Crippen LogP) is 2.74. The maximum Gasteiger partial charge on any atom is 0.139 e. The molecule has 1 saturated carbocycles. The molecule has 0 aromatic carbocycles. The number of unbranched alkanes of at least 4 members (excludes halogenated alkanes) is 2. The molecule has 1 atom stereocenters. The number of aliphatic hydroxyl groups is 1. The van der Waals surface area contributed by atoms with Gasteiger partial charge in [-0.2, -0.15) is 5.26 Å². The van der Waals surface area contributed by atoms with E-state index in [9.17, 15) is 5.11 Å². The normalized spacial score (nSPS) is 21.4. The van der Waals surface area contributed by atoms with Crippen LogP contribution in [0.25, 0.3) is 22.1 Å². The van der Waals surface area contributed by atoms with E-state index >= 15 is 0 Å². The number of fused-ring (bicyclic) bond motifs is 3. The van der Waals surface area contributed by atoms with Crippen LogP contribution in [0, 0.1) is 16.7 Å². The van der Waals surface area contributed by atoms with Gasteiger partial charge in [-0.1, -0.05) is 0 Å². The Morgan fingerprint density at radius 1 is 1.37 bits per heavy atom. The molecule has 1 aliphatic carbocycles. The van der Waals surface area contributed by atoms with Gasteiger partial charge in [-0.05, 0) is 38.3 Å². The van der Waals surface area contributed by atoms with Crippen molar-refractivity contribution in [3.63, 3.8) is 0 Å². The first-order valence-electron chi connectivity index (χ1n) is 9.79. The van der Waals surface area contributed by atoms with Crippen molar-refractivity contribution in [2.75, 3.05) is 19.6 Å². The van der Waals surface area contributed by atoms with Gasteiger partial charge in [0.25, 0.3) is 0 Å². The van der Waals surface area contributed by atoms with Crippen LogP contribution in [0.2, 0.25) is 0 Å². The number of aliphatic hydroxyl groups excluding tert-OH is 1. The summed E-state index contributed by atoms with van der Waals surface area (Å²) in [6.07, 6.45) is 8.86. The molecule has 2 fully saturated rings. The Bertz CT molecular complexity index is 1020. The lowest BCUT2D eigenvalue weighted by Gasteiger charge is -2.22. The van der Waals surface area contributed by atoms with Gasteiger partial charge >= 0.3 is 0 Å². The fraction of sp³-hybridized carbons (Fsp3) is 0.550. The Balaban J connectivity index is 1.53. The number of nitriles is 1. The maximum atomic E-state index is 10.0. The Morgan fingerprint density at radius 3 is 3.04 bits per heavy atom. The molecule has 3 aromatic rings. The molecular formula is C20H24N6O. The molecule has 1 saturated heterocycles. The summed E-state index contributed by atoms with van der Waals surface area (Å²) < 4.78 is 2.30. The molecule has 0 bridgehead atoms. The molecule has 140 valence electrons. The van der Waals surface area contributed by atoms with Crippen LogP contribution < -0.4 is 0 Å². The molecule has 27 heavy (non-hydrogen) atoms. The van der Waals surface area contributed by atoms with Gasteiger partial charge in [-0.25, -0.2) is 9.97 Å². The molecule has 0 radical (unpaired) electrons. The second-order valence-electron chi connectivity index (χ2n) is 8.02. The number of nitrogens with zero attached hydrogens (tertiary/aromatic N) is 5. The molecular weight excluding hydrogens is 340 g/mol. The highest BCUT2D eigenvalue weighted by molar-refractivity contribution is 6.01. The largest absolute Gasteiger partial charge is 0.388 e. The Morgan fingerprint density at radius 2 is 2.26 bits per heavy atom. The molecule has 4 heterocycles. The third kappa shape index (κ3) is 2.63. The molecule has 2 N–H and O–H groups in total. The minimum Gasteiger partial charge on any atom is -0.388 e. The molecule has 1 aliphatic heterocycles. The van der Waals surface area contributed by atoms with E-state index in [1.54, 1.807) is 6.20 Å². The quantitative estimate of drug-likeness (QED) is 0.656. The zero-order chi connectivity index (χ0) is 18.4. The van der Waals surface area contributed by atoms with Gasteiger partial charge in [-0.3, -0.25) is 0 Å². The van der Waals surface area contributed by atoms with Crippen LogP contribution in [-0.2, 0) is 6.61 Å². The first kappa shape index (κ1) is 16.7. The zero-order valence-electron chi connectivity index (χ0n) is 15.4. The van der Waals surface area contributed by atoms with Gasteiger partial charge < -0.3 is 19.6 Å². The van der Waals surface area contributed by atoms with Crippen molar-refractivity contribution in [2.24, 2.45) is 5.41 Å². The fourth-order valence-corrected chi connectivity index (χ4v) is 4.86. The summed E-state index contributed by atoms with van der Waals surface area (Å²) >= 11 is 0. The van der Waals surface area contributed by atoms with Crippen molar-refractivity contribution >= 4 is 22.1 Å². The second kappa shape index (κ2) is 6.32. The Hall–Kier alpha value is -2.43. The highest BCUT2D eigenvalue weighted by Gasteiger charge is 2.56. The summed E-state index contributed by atoms with van der Waals surface area (Å²) in [4.78, 5) is 14.9. The molecule has 3 aromatic heterocycles. The second-order valence-corrected chi connectivity index (χ2v) is 8.02. The average molecular weight is 364 g/mol. The first-order valence-corrected chi connectivity index (χ1v) is 9.79. The molecule has 0 amide bonds. The van der Waals surface area contributed by atoms with Crippen molar-refractivity contribution < 1.29 is 5.11 Å². The molecule has 1 spiro atoms. The summed E-state index contributed by atoms with van der Waals surface area (Å²) in [5.74, 6) is 0.739. The Labute approximate surface area is 157 Å². The van der Waals surface area contributed by atoms with Crippen molar-refractivity contribution in [2.45, 2.75) is 44.8 Å². The Kier molecular flexibility index (Phi) is 3.92. The first-order chi connectivity index (χ1) is 13.3. The van der Waals surface area contributed by atoms with Crippen LogP contribution >= 0.6 is 0 Å². The number of pyridine rings is 1. The van der Waals surface area contributed by atoms with Gasteiger partial charge in [0.1, 0.15) is 23.6 Å². The minimum absolute atomic E-state index is 0.0602. The number of imidazole rings is 1. The van der Waals surface area contributed by atoms with Gasteiger partial charge in [0.15, 0.2) is 0 Å². The number of nitrogens with one attached hydrogen (secondary N) is 1. The van der Waals surface area contributed by atoms with Crippen molar-refractivity contribution in [1.82, 2.24) is 24.4 Å². The number of likely N-dealkylation sites (tertiary alicyclic amines) is 1. The summed E-state index contributed by atoms with van der Waals surface area (Å²) in [5, 5.41) is 19.8. The number of hydrogen-bond acceptors (Lipinski definition) is 5. The third-order valence-electron chi connectivity index (χ3n) is 6.34. The molecule has 5 rings (SSSR count). The van der Waals surface area contributed by atoms with E-state index in [4.69, 9.17) is 10.2 Å². The smallest absolute Gasteiger partial charge is 0.139 e. The minimum atomic E-state index is -0.0602. The number of hydrogen-bond donors (Lipinski definition) is 2. The van der Waals surface area contributed by atoms with Gasteiger partial charge in [0.2, 0.25) is 0 Å². The van der Waals surface area contributed by atoms with E-state index < -0.39 is 0 Å². The van der Waals surface area contributed by atoms with E-state index in [0.29, 0.717) is 17.9 Å². The van der Waals surface area contributed by atoms with Crippen LogP contribution in [0.1, 0.15) is 44.0 Å². The van der Waals surface area contributed by atoms with Crippen LogP contribution in [0.5, 0.6) is 0 Å². The monoisotopic (exact) mass is 364 g/mol. The number of aromatic amines is 1. The zero-order valence-corrected chi connectivity index (χ0v) is 15.4. The van der Waals surface area contributed by atoms with Crippen LogP contribution in [-0.4, -0.2) is 49.2 Å². The van der Waals surface area contributed by atoms with E-state index in [-0.39, 0.29) is 6.61 Å². The van der Waals surface area contributed by atoms with E-state index in [2.05, 4.69) is 31.6 Å².